The minimum Gasteiger partial charge on any atom is -0.379 e. The molecule has 0 radical (unpaired) electrons. The largest absolute Gasteiger partial charge is 0.379 e. The number of halogens is 1. The number of morpholine rings is 1. The molecule has 6 heteroatoms. The van der Waals surface area contributed by atoms with Gasteiger partial charge in [0, 0.05) is 38.2 Å². The van der Waals surface area contributed by atoms with E-state index in [2.05, 4.69) is 14.9 Å². The van der Waals surface area contributed by atoms with Crippen LogP contribution in [-0.4, -0.2) is 45.6 Å². The average molecular weight is 299 g/mol. The van der Waals surface area contributed by atoms with E-state index in [-0.39, 0.29) is 17.0 Å². The Balaban J connectivity index is 0.00000108. The van der Waals surface area contributed by atoms with Crippen molar-refractivity contribution in [1.29, 1.82) is 0 Å². The zero-order valence-corrected chi connectivity index (χ0v) is 11.2. The van der Waals surface area contributed by atoms with Gasteiger partial charge in [0.1, 0.15) is 0 Å². The van der Waals surface area contributed by atoms with E-state index >= 15 is 0 Å². The second kappa shape index (κ2) is 5.57. The number of ether oxygens (including phenoxy) is 1. The Morgan fingerprint density at radius 1 is 1.29 bits per heavy atom. The maximum Gasteiger partial charge on any atom is 0.233 e. The van der Waals surface area contributed by atoms with Crippen molar-refractivity contribution in [2.24, 2.45) is 0 Å². The van der Waals surface area contributed by atoms with E-state index in [1.54, 1.807) is 6.20 Å². The van der Waals surface area contributed by atoms with Gasteiger partial charge in [-0.05, 0) is 6.07 Å². The molecule has 5 nitrogen and oxygen atoms in total. The first kappa shape index (κ1) is 12.5. The van der Waals surface area contributed by atoms with Gasteiger partial charge in [0.25, 0.3) is 0 Å². The predicted molar refractivity (Wildman–Crippen MR) is 69.4 cm³/mol. The highest BCUT2D eigenvalue weighted by Gasteiger charge is 2.12. The standard InChI is InChI=1S/C11H14N4O.BrH/c1-2-12-11-13-10(9-15(11)3-1)8-14-4-6-16-7-5-14;/h1-3,9H,4-8H2;1H. The van der Waals surface area contributed by atoms with Crippen LogP contribution < -0.4 is 0 Å². The third-order valence-electron chi connectivity index (χ3n) is 2.77. The molecule has 0 aliphatic carbocycles. The molecule has 1 aliphatic heterocycles. The van der Waals surface area contributed by atoms with Crippen LogP contribution in [0.5, 0.6) is 0 Å². The van der Waals surface area contributed by atoms with Gasteiger partial charge in [0.2, 0.25) is 5.78 Å². The summed E-state index contributed by atoms with van der Waals surface area (Å²) in [5, 5.41) is 0. The molecule has 1 aliphatic rings. The highest BCUT2D eigenvalue weighted by molar-refractivity contribution is 8.93. The number of fused-ring (bicyclic) bond motifs is 1. The van der Waals surface area contributed by atoms with Gasteiger partial charge in [-0.2, -0.15) is 0 Å². The Morgan fingerprint density at radius 2 is 2.12 bits per heavy atom. The third kappa shape index (κ3) is 2.83. The van der Waals surface area contributed by atoms with Crippen molar-refractivity contribution in [3.63, 3.8) is 0 Å². The van der Waals surface area contributed by atoms with E-state index in [4.69, 9.17) is 4.74 Å². The molecule has 0 saturated carbocycles. The van der Waals surface area contributed by atoms with Gasteiger partial charge in [0.15, 0.2) is 0 Å². The quantitative estimate of drug-likeness (QED) is 0.834. The molecular formula is C11H15BrN4O. The summed E-state index contributed by atoms with van der Waals surface area (Å²) < 4.78 is 7.27. The van der Waals surface area contributed by atoms with Gasteiger partial charge < -0.3 is 4.74 Å². The summed E-state index contributed by atoms with van der Waals surface area (Å²) >= 11 is 0. The Labute approximate surface area is 110 Å². The molecular weight excluding hydrogens is 284 g/mol. The molecule has 2 aromatic heterocycles. The summed E-state index contributed by atoms with van der Waals surface area (Å²) in [6.45, 7) is 4.51. The summed E-state index contributed by atoms with van der Waals surface area (Å²) in [6, 6.07) is 1.91. The minimum absolute atomic E-state index is 0. The zero-order chi connectivity index (χ0) is 10.8. The lowest BCUT2D eigenvalue weighted by Crippen LogP contribution is -2.35. The molecule has 0 unspecified atom stereocenters. The molecule has 2 aromatic rings. The Bertz CT molecular complexity index is 448. The number of rotatable bonds is 2. The van der Waals surface area contributed by atoms with Crippen molar-refractivity contribution in [2.75, 3.05) is 26.3 Å². The smallest absolute Gasteiger partial charge is 0.233 e. The lowest BCUT2D eigenvalue weighted by molar-refractivity contribution is 0.0337. The van der Waals surface area contributed by atoms with E-state index < -0.39 is 0 Å². The Morgan fingerprint density at radius 3 is 2.88 bits per heavy atom. The number of imidazole rings is 1. The fourth-order valence-electron chi connectivity index (χ4n) is 1.94. The maximum atomic E-state index is 5.32. The van der Waals surface area contributed by atoms with Crippen LogP contribution in [0.4, 0.5) is 0 Å². The van der Waals surface area contributed by atoms with Crippen LogP contribution in [0.25, 0.3) is 5.78 Å². The molecule has 1 fully saturated rings. The van der Waals surface area contributed by atoms with Crippen molar-refractivity contribution in [2.45, 2.75) is 6.54 Å². The highest BCUT2D eigenvalue weighted by Crippen LogP contribution is 2.07. The number of hydrogen-bond donors (Lipinski definition) is 0. The van der Waals surface area contributed by atoms with Crippen LogP contribution in [-0.2, 0) is 11.3 Å². The molecule has 0 N–H and O–H groups in total. The summed E-state index contributed by atoms with van der Waals surface area (Å²) in [5.74, 6) is 0.769. The molecule has 0 atom stereocenters. The molecule has 3 heterocycles. The van der Waals surface area contributed by atoms with Gasteiger partial charge in [-0.3, -0.25) is 9.30 Å². The lowest BCUT2D eigenvalue weighted by atomic mass is 10.3. The molecule has 0 bridgehead atoms. The van der Waals surface area contributed by atoms with E-state index in [1.807, 2.05) is 22.9 Å². The van der Waals surface area contributed by atoms with Gasteiger partial charge >= 0.3 is 0 Å². The molecule has 0 aromatic carbocycles. The van der Waals surface area contributed by atoms with Crippen LogP contribution in [0.1, 0.15) is 5.69 Å². The van der Waals surface area contributed by atoms with Gasteiger partial charge in [0.05, 0.1) is 18.9 Å². The topological polar surface area (TPSA) is 42.7 Å². The summed E-state index contributed by atoms with van der Waals surface area (Å²) in [4.78, 5) is 11.0. The van der Waals surface area contributed by atoms with Crippen molar-refractivity contribution in [1.82, 2.24) is 19.3 Å². The summed E-state index contributed by atoms with van der Waals surface area (Å²) in [5.41, 5.74) is 1.07. The summed E-state index contributed by atoms with van der Waals surface area (Å²) in [6.07, 6.45) is 5.77. The van der Waals surface area contributed by atoms with Crippen LogP contribution in [0.15, 0.2) is 24.7 Å². The number of nitrogens with zero attached hydrogens (tertiary/aromatic N) is 4. The monoisotopic (exact) mass is 298 g/mol. The fourth-order valence-corrected chi connectivity index (χ4v) is 1.94. The first-order chi connectivity index (χ1) is 7.92. The van der Waals surface area contributed by atoms with Crippen LogP contribution in [0.3, 0.4) is 0 Å². The van der Waals surface area contributed by atoms with Crippen LogP contribution in [0, 0.1) is 0 Å². The van der Waals surface area contributed by atoms with Crippen molar-refractivity contribution in [3.8, 4) is 0 Å². The SMILES string of the molecule is Br.c1cnc2nc(CN3CCOCC3)cn2c1. The Kier molecular flexibility index (Phi) is 4.09. The fraction of sp³-hybridized carbons (Fsp3) is 0.455. The first-order valence-electron chi connectivity index (χ1n) is 5.50. The third-order valence-corrected chi connectivity index (χ3v) is 2.77. The van der Waals surface area contributed by atoms with E-state index in [1.165, 1.54) is 0 Å². The van der Waals surface area contributed by atoms with Crippen LogP contribution >= 0.6 is 17.0 Å². The zero-order valence-electron chi connectivity index (χ0n) is 9.45. The van der Waals surface area contributed by atoms with Crippen LogP contribution in [0.2, 0.25) is 0 Å². The maximum absolute atomic E-state index is 5.32. The van der Waals surface area contributed by atoms with E-state index in [0.29, 0.717) is 0 Å². The van der Waals surface area contributed by atoms with Crippen molar-refractivity contribution in [3.05, 3.63) is 30.4 Å². The second-order valence-corrected chi connectivity index (χ2v) is 3.95. The van der Waals surface area contributed by atoms with E-state index in [0.717, 1.165) is 44.3 Å². The molecule has 0 amide bonds. The van der Waals surface area contributed by atoms with E-state index in [9.17, 15) is 0 Å². The number of aromatic nitrogens is 3. The predicted octanol–water partition coefficient (Wildman–Crippen LogP) is 1.14. The van der Waals surface area contributed by atoms with Gasteiger partial charge in [-0.1, -0.05) is 0 Å². The lowest BCUT2D eigenvalue weighted by Gasteiger charge is -2.25. The summed E-state index contributed by atoms with van der Waals surface area (Å²) in [7, 11) is 0. The molecule has 17 heavy (non-hydrogen) atoms. The van der Waals surface area contributed by atoms with Gasteiger partial charge in [-0.25, -0.2) is 9.97 Å². The second-order valence-electron chi connectivity index (χ2n) is 3.95. The normalized spacial score (nSPS) is 16.9. The molecule has 92 valence electrons. The number of hydrogen-bond acceptors (Lipinski definition) is 4. The first-order valence-corrected chi connectivity index (χ1v) is 5.50. The molecule has 3 rings (SSSR count). The Hall–Kier alpha value is -0.980. The average Bonchev–Trinajstić information content (AvgIpc) is 2.72. The van der Waals surface area contributed by atoms with Crippen molar-refractivity contribution >= 4 is 22.8 Å². The highest BCUT2D eigenvalue weighted by atomic mass is 79.9. The molecule has 1 saturated heterocycles. The van der Waals surface area contributed by atoms with Crippen molar-refractivity contribution < 1.29 is 4.74 Å². The minimum atomic E-state index is 0. The van der Waals surface area contributed by atoms with Gasteiger partial charge in [-0.15, -0.1) is 17.0 Å². The molecule has 0 spiro atoms.